The van der Waals surface area contributed by atoms with Crippen LogP contribution in [0.5, 0.6) is 0 Å². The van der Waals surface area contributed by atoms with Gasteiger partial charge in [-0.25, -0.2) is 0 Å². The lowest BCUT2D eigenvalue weighted by Crippen LogP contribution is -2.33. The van der Waals surface area contributed by atoms with E-state index in [1.807, 2.05) is 12.1 Å². The van der Waals surface area contributed by atoms with Crippen molar-refractivity contribution in [3.63, 3.8) is 0 Å². The summed E-state index contributed by atoms with van der Waals surface area (Å²) in [5, 5.41) is 19.0. The molecule has 92 valence electrons. The summed E-state index contributed by atoms with van der Waals surface area (Å²) in [6, 6.07) is 3.82. The van der Waals surface area contributed by atoms with E-state index in [2.05, 4.69) is 13.8 Å². The first-order valence-electron chi connectivity index (χ1n) is 5.47. The van der Waals surface area contributed by atoms with E-state index < -0.39 is 5.41 Å². The van der Waals surface area contributed by atoms with Gasteiger partial charge in [0.2, 0.25) is 0 Å². The maximum atomic E-state index is 9.51. The first-order chi connectivity index (χ1) is 7.51. The minimum atomic E-state index is -0.414. The molecule has 0 saturated carbocycles. The van der Waals surface area contributed by atoms with Gasteiger partial charge in [-0.1, -0.05) is 25.4 Å². The lowest BCUT2D eigenvalue weighted by molar-refractivity contribution is 0.0376. The minimum Gasteiger partial charge on any atom is -0.396 e. The van der Waals surface area contributed by atoms with Crippen molar-refractivity contribution in [1.82, 2.24) is 0 Å². The summed E-state index contributed by atoms with van der Waals surface area (Å²) in [4.78, 5) is 1.12. The van der Waals surface area contributed by atoms with Crippen LogP contribution in [0.1, 0.15) is 25.1 Å². The van der Waals surface area contributed by atoms with Crippen LogP contribution in [0.25, 0.3) is 0 Å². The van der Waals surface area contributed by atoms with Crippen molar-refractivity contribution >= 4 is 22.9 Å². The standard InChI is InChI=1S/C12H19ClO2S/c1-9(2)5-12(7-14,8-15)6-10-3-4-11(13)16-10/h3-4,9,14-15H,5-8H2,1-2H3. The van der Waals surface area contributed by atoms with Crippen LogP contribution >= 0.6 is 22.9 Å². The molecular weight excluding hydrogens is 244 g/mol. The third-order valence-electron chi connectivity index (χ3n) is 2.69. The number of thiophene rings is 1. The monoisotopic (exact) mass is 262 g/mol. The normalized spacial score (nSPS) is 12.4. The van der Waals surface area contributed by atoms with Crippen LogP contribution in [0.2, 0.25) is 4.34 Å². The van der Waals surface area contributed by atoms with Crippen molar-refractivity contribution < 1.29 is 10.2 Å². The fourth-order valence-electron chi connectivity index (χ4n) is 2.05. The van der Waals surface area contributed by atoms with Gasteiger partial charge >= 0.3 is 0 Å². The molecule has 0 radical (unpaired) electrons. The van der Waals surface area contributed by atoms with Crippen molar-refractivity contribution in [2.45, 2.75) is 26.7 Å². The second-order valence-corrected chi connectivity index (χ2v) is 6.60. The molecule has 1 aromatic heterocycles. The highest BCUT2D eigenvalue weighted by Crippen LogP contribution is 2.33. The summed E-state index contributed by atoms with van der Waals surface area (Å²) < 4.78 is 0.754. The molecule has 0 aromatic carbocycles. The molecule has 1 aromatic rings. The Bertz CT molecular complexity index is 319. The van der Waals surface area contributed by atoms with E-state index in [-0.39, 0.29) is 13.2 Å². The summed E-state index contributed by atoms with van der Waals surface area (Å²) in [5.41, 5.74) is -0.414. The number of aliphatic hydroxyl groups excluding tert-OH is 2. The zero-order valence-corrected chi connectivity index (χ0v) is 11.3. The Morgan fingerprint density at radius 3 is 2.31 bits per heavy atom. The van der Waals surface area contributed by atoms with Crippen LogP contribution in [0.15, 0.2) is 12.1 Å². The van der Waals surface area contributed by atoms with Gasteiger partial charge in [-0.15, -0.1) is 11.3 Å². The lowest BCUT2D eigenvalue weighted by Gasteiger charge is -2.31. The smallest absolute Gasteiger partial charge is 0.0931 e. The summed E-state index contributed by atoms with van der Waals surface area (Å²) in [6.45, 7) is 4.22. The molecular formula is C12H19ClO2S. The fraction of sp³-hybridized carbons (Fsp3) is 0.667. The van der Waals surface area contributed by atoms with E-state index in [0.29, 0.717) is 12.3 Å². The van der Waals surface area contributed by atoms with Gasteiger partial charge in [0.25, 0.3) is 0 Å². The van der Waals surface area contributed by atoms with Crippen molar-refractivity contribution in [2.75, 3.05) is 13.2 Å². The number of hydrogen-bond acceptors (Lipinski definition) is 3. The van der Waals surface area contributed by atoms with E-state index in [9.17, 15) is 10.2 Å². The Kier molecular flexibility index (Phi) is 5.25. The SMILES string of the molecule is CC(C)CC(CO)(CO)Cc1ccc(Cl)s1. The maximum Gasteiger partial charge on any atom is 0.0931 e. The molecule has 2 N–H and O–H groups in total. The Balaban J connectivity index is 2.77. The van der Waals surface area contributed by atoms with Gasteiger partial charge in [-0.05, 0) is 30.9 Å². The van der Waals surface area contributed by atoms with Gasteiger partial charge in [0.1, 0.15) is 0 Å². The van der Waals surface area contributed by atoms with Crippen LogP contribution in [0.3, 0.4) is 0 Å². The number of rotatable bonds is 6. The second-order valence-electron chi connectivity index (χ2n) is 4.80. The van der Waals surface area contributed by atoms with E-state index in [1.165, 1.54) is 11.3 Å². The molecule has 2 nitrogen and oxygen atoms in total. The zero-order chi connectivity index (χ0) is 12.2. The van der Waals surface area contributed by atoms with Crippen molar-refractivity contribution in [2.24, 2.45) is 11.3 Å². The number of halogens is 1. The highest BCUT2D eigenvalue weighted by Gasteiger charge is 2.30. The lowest BCUT2D eigenvalue weighted by atomic mass is 9.78. The highest BCUT2D eigenvalue weighted by atomic mass is 35.5. The van der Waals surface area contributed by atoms with Gasteiger partial charge in [0.05, 0.1) is 17.6 Å². The first-order valence-corrected chi connectivity index (χ1v) is 6.67. The molecule has 0 aliphatic rings. The molecule has 0 atom stereocenters. The van der Waals surface area contributed by atoms with Crippen molar-refractivity contribution in [3.8, 4) is 0 Å². The summed E-state index contributed by atoms with van der Waals surface area (Å²) in [7, 11) is 0. The predicted octanol–water partition coefficient (Wildman–Crippen LogP) is 2.96. The Hall–Kier alpha value is -0.0900. The molecule has 0 bridgehead atoms. The van der Waals surface area contributed by atoms with Gasteiger partial charge < -0.3 is 10.2 Å². The van der Waals surface area contributed by atoms with Gasteiger partial charge in [-0.2, -0.15) is 0 Å². The van der Waals surface area contributed by atoms with E-state index in [4.69, 9.17) is 11.6 Å². The average Bonchev–Trinajstić information content (AvgIpc) is 2.62. The van der Waals surface area contributed by atoms with Crippen LogP contribution in [-0.2, 0) is 6.42 Å². The average molecular weight is 263 g/mol. The van der Waals surface area contributed by atoms with E-state index in [1.54, 1.807) is 0 Å². The fourth-order valence-corrected chi connectivity index (χ4v) is 3.31. The van der Waals surface area contributed by atoms with Gasteiger partial charge in [-0.3, -0.25) is 0 Å². The number of aliphatic hydroxyl groups is 2. The second kappa shape index (κ2) is 6.01. The molecule has 1 rings (SSSR count). The maximum absolute atomic E-state index is 9.51. The molecule has 0 unspecified atom stereocenters. The van der Waals surface area contributed by atoms with Gasteiger partial charge in [0.15, 0.2) is 0 Å². The molecule has 4 heteroatoms. The molecule has 0 fully saturated rings. The van der Waals surface area contributed by atoms with Crippen LogP contribution in [-0.4, -0.2) is 23.4 Å². The Labute approximate surface area is 106 Å². The largest absolute Gasteiger partial charge is 0.396 e. The molecule has 16 heavy (non-hydrogen) atoms. The van der Waals surface area contributed by atoms with Crippen LogP contribution < -0.4 is 0 Å². The molecule has 0 saturated heterocycles. The van der Waals surface area contributed by atoms with Crippen molar-refractivity contribution in [3.05, 3.63) is 21.3 Å². The molecule has 1 heterocycles. The topological polar surface area (TPSA) is 40.5 Å². The van der Waals surface area contributed by atoms with E-state index >= 15 is 0 Å². The zero-order valence-electron chi connectivity index (χ0n) is 9.74. The predicted molar refractivity (Wildman–Crippen MR) is 69.1 cm³/mol. The molecule has 0 amide bonds. The minimum absolute atomic E-state index is 0.0111. The third-order valence-corrected chi connectivity index (χ3v) is 3.92. The number of hydrogen-bond donors (Lipinski definition) is 2. The van der Waals surface area contributed by atoms with E-state index in [0.717, 1.165) is 15.6 Å². The van der Waals surface area contributed by atoms with Gasteiger partial charge in [0, 0.05) is 10.3 Å². The summed E-state index contributed by atoms with van der Waals surface area (Å²) >= 11 is 7.39. The third kappa shape index (κ3) is 3.74. The molecule has 0 aliphatic carbocycles. The molecule has 0 spiro atoms. The van der Waals surface area contributed by atoms with Crippen molar-refractivity contribution in [1.29, 1.82) is 0 Å². The quantitative estimate of drug-likeness (QED) is 0.828. The Morgan fingerprint density at radius 2 is 1.94 bits per heavy atom. The molecule has 0 aliphatic heterocycles. The van der Waals surface area contributed by atoms with Crippen LogP contribution in [0, 0.1) is 11.3 Å². The first kappa shape index (κ1) is 14.0. The Morgan fingerprint density at radius 1 is 1.31 bits per heavy atom. The summed E-state index contributed by atoms with van der Waals surface area (Å²) in [5.74, 6) is 0.453. The van der Waals surface area contributed by atoms with Crippen LogP contribution in [0.4, 0.5) is 0 Å². The highest BCUT2D eigenvalue weighted by molar-refractivity contribution is 7.16. The summed E-state index contributed by atoms with van der Waals surface area (Å²) in [6.07, 6.45) is 1.51.